The van der Waals surface area contributed by atoms with E-state index in [2.05, 4.69) is 10.3 Å². The maximum absolute atomic E-state index is 13.2. The van der Waals surface area contributed by atoms with E-state index in [1.807, 2.05) is 5.38 Å². The number of nitrogens with zero attached hydrogens (tertiary/aromatic N) is 1. The van der Waals surface area contributed by atoms with Crippen LogP contribution in [0.5, 0.6) is 0 Å². The monoisotopic (exact) mass is 312 g/mol. The summed E-state index contributed by atoms with van der Waals surface area (Å²) in [5.41, 5.74) is 1.43. The lowest BCUT2D eigenvalue weighted by atomic mass is 10.1. The van der Waals surface area contributed by atoms with Crippen LogP contribution in [0.4, 0.5) is 8.78 Å². The average molecular weight is 312 g/mol. The van der Waals surface area contributed by atoms with E-state index in [0.29, 0.717) is 18.6 Å². The molecule has 0 spiro atoms. The van der Waals surface area contributed by atoms with E-state index in [-0.39, 0.29) is 6.54 Å². The molecule has 21 heavy (non-hydrogen) atoms. The zero-order valence-electron chi connectivity index (χ0n) is 10.6. The Bertz CT molecular complexity index is 674. The van der Waals surface area contributed by atoms with Crippen LogP contribution in [0.25, 0.3) is 0 Å². The summed E-state index contributed by atoms with van der Waals surface area (Å²) in [4.78, 5) is 26.9. The second kappa shape index (κ2) is 6.40. The number of benzene rings is 1. The topological polar surface area (TPSA) is 79.3 Å². The Labute approximate surface area is 122 Å². The van der Waals surface area contributed by atoms with E-state index in [1.165, 1.54) is 11.3 Å². The van der Waals surface area contributed by atoms with Gasteiger partial charge in [0.15, 0.2) is 11.6 Å². The van der Waals surface area contributed by atoms with Crippen molar-refractivity contribution in [1.29, 1.82) is 0 Å². The van der Waals surface area contributed by atoms with Crippen LogP contribution in [0.15, 0.2) is 23.0 Å². The molecular formula is C13H10F2N2O3S. The van der Waals surface area contributed by atoms with E-state index < -0.39 is 34.6 Å². The number of aromatic nitrogens is 1. The van der Waals surface area contributed by atoms with Crippen LogP contribution in [-0.2, 0) is 6.42 Å². The van der Waals surface area contributed by atoms with Gasteiger partial charge >= 0.3 is 5.97 Å². The standard InChI is InChI=1S/C13H10F2N2O3S/c14-10-3-8(9(13(19)20)4-11(10)15)12(18)16-2-1-7-5-21-6-17-7/h3-6H,1-2H2,(H,16,18)(H,19,20). The number of carbonyl (C=O) groups is 2. The van der Waals surface area contributed by atoms with Gasteiger partial charge in [-0.25, -0.2) is 18.6 Å². The zero-order valence-corrected chi connectivity index (χ0v) is 11.4. The highest BCUT2D eigenvalue weighted by molar-refractivity contribution is 7.07. The Kier molecular flexibility index (Phi) is 4.59. The fraction of sp³-hybridized carbons (Fsp3) is 0.154. The van der Waals surface area contributed by atoms with Crippen LogP contribution in [0.3, 0.4) is 0 Å². The van der Waals surface area contributed by atoms with Gasteiger partial charge in [0.25, 0.3) is 5.91 Å². The Morgan fingerprint density at radius 3 is 2.48 bits per heavy atom. The molecule has 0 aliphatic carbocycles. The maximum atomic E-state index is 13.2. The van der Waals surface area contributed by atoms with Crippen LogP contribution in [-0.4, -0.2) is 28.5 Å². The summed E-state index contributed by atoms with van der Waals surface area (Å²) in [6.07, 6.45) is 0.460. The summed E-state index contributed by atoms with van der Waals surface area (Å²) >= 11 is 1.41. The van der Waals surface area contributed by atoms with Crippen molar-refractivity contribution in [2.24, 2.45) is 0 Å². The summed E-state index contributed by atoms with van der Waals surface area (Å²) in [6, 6.07) is 1.07. The summed E-state index contributed by atoms with van der Waals surface area (Å²) < 4.78 is 26.2. The van der Waals surface area contributed by atoms with Gasteiger partial charge in [-0.05, 0) is 12.1 Å². The molecular weight excluding hydrogens is 302 g/mol. The summed E-state index contributed by atoms with van der Waals surface area (Å²) in [5.74, 6) is -4.86. The van der Waals surface area contributed by atoms with E-state index in [4.69, 9.17) is 5.11 Å². The number of aromatic carboxylic acids is 1. The molecule has 1 aromatic carbocycles. The molecule has 0 radical (unpaired) electrons. The van der Waals surface area contributed by atoms with E-state index in [9.17, 15) is 18.4 Å². The van der Waals surface area contributed by atoms with Gasteiger partial charge in [-0.1, -0.05) is 0 Å². The average Bonchev–Trinajstić information content (AvgIpc) is 2.94. The Morgan fingerprint density at radius 2 is 1.90 bits per heavy atom. The van der Waals surface area contributed by atoms with Crippen molar-refractivity contribution in [2.45, 2.75) is 6.42 Å². The number of hydrogen-bond donors (Lipinski definition) is 2. The van der Waals surface area contributed by atoms with Crippen molar-refractivity contribution in [3.8, 4) is 0 Å². The maximum Gasteiger partial charge on any atom is 0.336 e. The van der Waals surface area contributed by atoms with Gasteiger partial charge in [-0.3, -0.25) is 4.79 Å². The molecule has 1 aromatic heterocycles. The molecule has 1 amide bonds. The third-order valence-corrected chi connectivity index (χ3v) is 3.32. The van der Waals surface area contributed by atoms with Crippen molar-refractivity contribution in [1.82, 2.24) is 10.3 Å². The minimum absolute atomic E-state index is 0.209. The Morgan fingerprint density at radius 1 is 1.24 bits per heavy atom. The highest BCUT2D eigenvalue weighted by atomic mass is 32.1. The van der Waals surface area contributed by atoms with Gasteiger partial charge < -0.3 is 10.4 Å². The van der Waals surface area contributed by atoms with Crippen LogP contribution in [0.1, 0.15) is 26.4 Å². The van der Waals surface area contributed by atoms with Gasteiger partial charge in [-0.15, -0.1) is 11.3 Å². The molecule has 110 valence electrons. The number of rotatable bonds is 5. The van der Waals surface area contributed by atoms with Gasteiger partial charge in [0, 0.05) is 18.3 Å². The number of amides is 1. The highest BCUT2D eigenvalue weighted by Gasteiger charge is 2.20. The quantitative estimate of drug-likeness (QED) is 0.886. The molecule has 0 atom stereocenters. The number of halogens is 2. The molecule has 0 aliphatic heterocycles. The van der Waals surface area contributed by atoms with Gasteiger partial charge in [0.05, 0.1) is 22.3 Å². The number of carboxylic acids is 1. The highest BCUT2D eigenvalue weighted by Crippen LogP contribution is 2.15. The number of nitrogens with one attached hydrogen (secondary N) is 1. The van der Waals surface area contributed by atoms with Gasteiger partial charge in [0.1, 0.15) is 0 Å². The number of hydrogen-bond acceptors (Lipinski definition) is 4. The first kappa shape index (κ1) is 15.0. The fourth-order valence-corrected chi connectivity index (χ4v) is 2.26. The minimum Gasteiger partial charge on any atom is -0.478 e. The second-order valence-electron chi connectivity index (χ2n) is 4.10. The first-order valence-electron chi connectivity index (χ1n) is 5.86. The third kappa shape index (κ3) is 3.60. The number of carbonyl (C=O) groups excluding carboxylic acids is 1. The zero-order chi connectivity index (χ0) is 15.4. The lowest BCUT2D eigenvalue weighted by Crippen LogP contribution is -2.27. The molecule has 0 saturated carbocycles. The molecule has 2 rings (SSSR count). The molecule has 0 saturated heterocycles. The van der Waals surface area contributed by atoms with Crippen LogP contribution in [0, 0.1) is 11.6 Å². The van der Waals surface area contributed by atoms with Crippen molar-refractivity contribution in [2.75, 3.05) is 6.54 Å². The van der Waals surface area contributed by atoms with Crippen molar-refractivity contribution >= 4 is 23.2 Å². The first-order chi connectivity index (χ1) is 9.99. The van der Waals surface area contributed by atoms with Crippen molar-refractivity contribution in [3.05, 3.63) is 51.5 Å². The molecule has 0 aliphatic rings. The Balaban J connectivity index is 2.11. The normalized spacial score (nSPS) is 10.4. The van der Waals surface area contributed by atoms with E-state index in [0.717, 1.165) is 5.69 Å². The Hall–Kier alpha value is -2.35. The fourth-order valence-electron chi connectivity index (χ4n) is 1.67. The molecule has 0 unspecified atom stereocenters. The summed E-state index contributed by atoms with van der Waals surface area (Å²) in [7, 11) is 0. The van der Waals surface area contributed by atoms with Crippen LogP contribution >= 0.6 is 11.3 Å². The molecule has 0 bridgehead atoms. The lowest BCUT2D eigenvalue weighted by molar-refractivity contribution is 0.0690. The molecule has 0 fully saturated rings. The van der Waals surface area contributed by atoms with Gasteiger partial charge in [0.2, 0.25) is 0 Å². The molecule has 8 heteroatoms. The van der Waals surface area contributed by atoms with Crippen LogP contribution in [0.2, 0.25) is 0 Å². The first-order valence-corrected chi connectivity index (χ1v) is 6.81. The van der Waals surface area contributed by atoms with E-state index >= 15 is 0 Å². The lowest BCUT2D eigenvalue weighted by Gasteiger charge is -2.08. The largest absolute Gasteiger partial charge is 0.478 e. The van der Waals surface area contributed by atoms with Gasteiger partial charge in [-0.2, -0.15) is 0 Å². The molecule has 2 aromatic rings. The smallest absolute Gasteiger partial charge is 0.336 e. The number of carboxylic acid groups (broad SMARTS) is 1. The summed E-state index contributed by atoms with van der Waals surface area (Å²) in [5, 5.41) is 13.2. The third-order valence-electron chi connectivity index (χ3n) is 2.69. The van der Waals surface area contributed by atoms with Crippen molar-refractivity contribution < 1.29 is 23.5 Å². The number of thiazole rings is 1. The molecule has 5 nitrogen and oxygen atoms in total. The predicted molar refractivity (Wildman–Crippen MR) is 71.5 cm³/mol. The minimum atomic E-state index is -1.50. The SMILES string of the molecule is O=C(O)c1cc(F)c(F)cc1C(=O)NCCc1cscn1. The van der Waals surface area contributed by atoms with E-state index in [1.54, 1.807) is 5.51 Å². The van der Waals surface area contributed by atoms with Crippen LogP contribution < -0.4 is 5.32 Å². The predicted octanol–water partition coefficient (Wildman–Crippen LogP) is 2.09. The van der Waals surface area contributed by atoms with Crippen molar-refractivity contribution in [3.63, 3.8) is 0 Å². The second-order valence-corrected chi connectivity index (χ2v) is 4.82. The molecule has 1 heterocycles. The summed E-state index contributed by atoms with van der Waals surface area (Å²) in [6.45, 7) is 0.209. The molecule has 2 N–H and O–H groups in total.